The number of rotatable bonds is 26. The third kappa shape index (κ3) is 22.9. The fourth-order valence-electron chi connectivity index (χ4n) is 4.82. The lowest BCUT2D eigenvalue weighted by molar-refractivity contribution is -0.693. The maximum Gasteiger partial charge on any atom is 0.407 e. The zero-order valence-corrected chi connectivity index (χ0v) is 30.4. The lowest BCUT2D eigenvalue weighted by Gasteiger charge is -2.24. The molecule has 0 aromatic carbocycles. The first-order valence-electron chi connectivity index (χ1n) is 16.9. The second-order valence-electron chi connectivity index (χ2n) is 11.3. The van der Waals surface area contributed by atoms with Gasteiger partial charge in [0, 0.05) is 19.6 Å². The van der Waals surface area contributed by atoms with Gasteiger partial charge in [-0.15, -0.1) is 0 Å². The number of pyridine rings is 1. The van der Waals surface area contributed by atoms with Crippen molar-refractivity contribution in [2.24, 2.45) is 0 Å². The highest BCUT2D eigenvalue weighted by molar-refractivity contribution is 5.88. The van der Waals surface area contributed by atoms with Crippen molar-refractivity contribution in [3.05, 3.63) is 30.1 Å². The third-order valence-corrected chi connectivity index (χ3v) is 7.68. The van der Waals surface area contributed by atoms with Crippen LogP contribution in [-0.2, 0) is 25.5 Å². The first-order chi connectivity index (χ1) is 21.4. The minimum atomic E-state index is -0.624. The van der Waals surface area contributed by atoms with E-state index in [2.05, 4.69) is 17.6 Å². The number of carbonyl (C=O) groups is 3. The Bertz CT molecular complexity index is 906. The summed E-state index contributed by atoms with van der Waals surface area (Å²) in [5.74, 6) is -0.454. The molecule has 0 radical (unpaired) electrons. The molecule has 11 heteroatoms. The molecule has 260 valence electrons. The number of unbranched alkanes of at least 4 members (excludes halogenated alkanes) is 12. The number of ether oxygens (including phenoxy) is 4. The average molecular weight is 750 g/mol. The van der Waals surface area contributed by atoms with Crippen LogP contribution in [0.15, 0.2) is 24.5 Å². The van der Waals surface area contributed by atoms with E-state index in [1.54, 1.807) is 25.4 Å². The Hall–Kier alpha value is -2.15. The van der Waals surface area contributed by atoms with Crippen molar-refractivity contribution < 1.29 is 61.9 Å². The first-order valence-corrected chi connectivity index (χ1v) is 16.9. The van der Waals surface area contributed by atoms with Gasteiger partial charge in [0.15, 0.2) is 12.4 Å². The van der Waals surface area contributed by atoms with E-state index in [0.29, 0.717) is 12.0 Å². The highest BCUT2D eigenvalue weighted by Crippen LogP contribution is 2.15. The van der Waals surface area contributed by atoms with Crippen molar-refractivity contribution >= 4 is 18.2 Å². The molecule has 1 aromatic rings. The van der Waals surface area contributed by atoms with E-state index in [1.807, 2.05) is 24.6 Å². The largest absolute Gasteiger partial charge is 1.00 e. The number of esters is 1. The quantitative estimate of drug-likeness (QED) is 0.0486. The summed E-state index contributed by atoms with van der Waals surface area (Å²) in [6.45, 7) is 7.30. The molecule has 2 unspecified atom stereocenters. The van der Waals surface area contributed by atoms with Gasteiger partial charge in [0.05, 0.1) is 31.9 Å². The van der Waals surface area contributed by atoms with Crippen molar-refractivity contribution in [1.82, 2.24) is 10.6 Å². The van der Waals surface area contributed by atoms with Gasteiger partial charge < -0.3 is 53.6 Å². The average Bonchev–Trinajstić information content (AvgIpc) is 3.03. The van der Waals surface area contributed by atoms with E-state index in [9.17, 15) is 14.4 Å². The molecule has 0 aliphatic heterocycles. The van der Waals surface area contributed by atoms with Gasteiger partial charge in [0.2, 0.25) is 0 Å². The molecule has 1 aromatic heterocycles. The SMILES string of the molecule is CCCCCCCCCCCCCCCC(NC(=O)OCCCOC(=O)NCCOC(=O)c1ccc[n+](CC)c1)C(C)OC.[I-]. The molecule has 2 atom stereocenters. The Labute approximate surface area is 289 Å². The van der Waals surface area contributed by atoms with Gasteiger partial charge in [-0.3, -0.25) is 0 Å². The van der Waals surface area contributed by atoms with Crippen LogP contribution in [0, 0.1) is 0 Å². The molecule has 0 aliphatic rings. The number of hydrogen-bond acceptors (Lipinski definition) is 7. The van der Waals surface area contributed by atoms with Crippen molar-refractivity contribution in [1.29, 1.82) is 0 Å². The van der Waals surface area contributed by atoms with E-state index in [0.717, 1.165) is 25.8 Å². The number of nitrogens with zero attached hydrogens (tertiary/aromatic N) is 1. The molecule has 45 heavy (non-hydrogen) atoms. The molecule has 2 amide bonds. The normalized spacial score (nSPS) is 12.0. The Kier molecular flexibility index (Phi) is 27.9. The number of carbonyl (C=O) groups excluding carboxylic acids is 3. The standard InChI is InChI=1S/C34H59N3O7.HI/c1-5-7-8-9-10-11-12-13-14-15-16-17-18-22-31(29(3)41-4)36-34(40)44-26-20-25-43-33(39)35-23-27-42-32(38)30-21-19-24-37(6-2)28-30;/h19,21,24,28-29,31H,5-18,20,22-23,25-27H2,1-4H3,(H-,35,36,39,40);1H. The van der Waals surface area contributed by atoms with Crippen LogP contribution in [0.5, 0.6) is 0 Å². The molecule has 10 nitrogen and oxygen atoms in total. The zero-order valence-electron chi connectivity index (χ0n) is 28.3. The number of methoxy groups -OCH3 is 1. The van der Waals surface area contributed by atoms with Crippen LogP contribution >= 0.6 is 0 Å². The Morgan fingerprint density at radius 3 is 1.93 bits per heavy atom. The number of nitrogens with one attached hydrogen (secondary N) is 2. The molecule has 0 saturated carbocycles. The van der Waals surface area contributed by atoms with Gasteiger partial charge in [-0.1, -0.05) is 90.4 Å². The molecule has 2 N–H and O–H groups in total. The fourth-order valence-corrected chi connectivity index (χ4v) is 4.82. The highest BCUT2D eigenvalue weighted by atomic mass is 127. The summed E-state index contributed by atoms with van der Waals surface area (Å²) >= 11 is 0. The summed E-state index contributed by atoms with van der Waals surface area (Å²) in [6, 6.07) is 3.34. The topological polar surface area (TPSA) is 116 Å². The number of aryl methyl sites for hydroxylation is 1. The Morgan fingerprint density at radius 1 is 0.778 bits per heavy atom. The van der Waals surface area contributed by atoms with Crippen LogP contribution < -0.4 is 39.2 Å². The van der Waals surface area contributed by atoms with Gasteiger partial charge in [-0.2, -0.15) is 0 Å². The lowest BCUT2D eigenvalue weighted by Crippen LogP contribution is -3.00. The van der Waals surface area contributed by atoms with Crippen LogP contribution in [0.25, 0.3) is 0 Å². The molecular weight excluding hydrogens is 689 g/mol. The molecule has 0 bridgehead atoms. The summed E-state index contributed by atoms with van der Waals surface area (Å²) in [6.07, 6.45) is 20.5. The number of aromatic nitrogens is 1. The summed E-state index contributed by atoms with van der Waals surface area (Å²) in [7, 11) is 1.64. The first kappa shape index (κ1) is 42.9. The third-order valence-electron chi connectivity index (χ3n) is 7.68. The minimum absolute atomic E-state index is 0. The summed E-state index contributed by atoms with van der Waals surface area (Å²) in [5, 5.41) is 5.45. The van der Waals surface area contributed by atoms with Crippen LogP contribution in [0.2, 0.25) is 0 Å². The van der Waals surface area contributed by atoms with Crippen LogP contribution in [0.1, 0.15) is 127 Å². The highest BCUT2D eigenvalue weighted by Gasteiger charge is 2.19. The van der Waals surface area contributed by atoms with Gasteiger partial charge in [-0.05, 0) is 26.3 Å². The predicted molar refractivity (Wildman–Crippen MR) is 172 cm³/mol. The van der Waals surface area contributed by atoms with Crippen molar-refractivity contribution in [2.75, 3.05) is 33.5 Å². The maximum absolute atomic E-state index is 12.3. The van der Waals surface area contributed by atoms with Crippen LogP contribution in [0.4, 0.5) is 9.59 Å². The number of hydrogen-bond donors (Lipinski definition) is 2. The summed E-state index contributed by atoms with van der Waals surface area (Å²) < 4.78 is 22.9. The van der Waals surface area contributed by atoms with Gasteiger partial charge in [0.25, 0.3) is 0 Å². The van der Waals surface area contributed by atoms with E-state index in [4.69, 9.17) is 18.9 Å². The predicted octanol–water partition coefficient (Wildman–Crippen LogP) is 3.88. The molecule has 1 rings (SSSR count). The zero-order chi connectivity index (χ0) is 32.3. The molecule has 0 saturated heterocycles. The van der Waals surface area contributed by atoms with E-state index >= 15 is 0 Å². The monoisotopic (exact) mass is 749 g/mol. The second-order valence-corrected chi connectivity index (χ2v) is 11.3. The summed E-state index contributed by atoms with van der Waals surface area (Å²) in [5.41, 5.74) is 0.448. The van der Waals surface area contributed by atoms with Crippen LogP contribution in [0.3, 0.4) is 0 Å². The number of alkyl carbamates (subject to hydrolysis) is 2. The smallest absolute Gasteiger partial charge is 0.407 e. The second kappa shape index (κ2) is 29.3. The van der Waals surface area contributed by atoms with Crippen molar-refractivity contribution in [3.63, 3.8) is 0 Å². The molecule has 1 heterocycles. The molecular formula is C34H60IN3O7. The number of halogens is 1. The number of amides is 2. The van der Waals surface area contributed by atoms with Gasteiger partial charge in [-0.25, -0.2) is 19.0 Å². The summed E-state index contributed by atoms with van der Waals surface area (Å²) in [4.78, 5) is 36.3. The van der Waals surface area contributed by atoms with E-state index in [1.165, 1.54) is 70.6 Å². The Morgan fingerprint density at radius 2 is 1.36 bits per heavy atom. The maximum atomic E-state index is 12.3. The van der Waals surface area contributed by atoms with Gasteiger partial charge >= 0.3 is 18.2 Å². The fraction of sp³-hybridized carbons (Fsp3) is 0.765. The van der Waals surface area contributed by atoms with E-state index in [-0.39, 0.29) is 62.5 Å². The van der Waals surface area contributed by atoms with Crippen LogP contribution in [-0.4, -0.2) is 63.8 Å². The van der Waals surface area contributed by atoms with Crippen molar-refractivity contribution in [3.8, 4) is 0 Å². The molecule has 0 spiro atoms. The van der Waals surface area contributed by atoms with E-state index < -0.39 is 18.2 Å². The van der Waals surface area contributed by atoms with Crippen molar-refractivity contribution in [2.45, 2.75) is 136 Å². The lowest BCUT2D eigenvalue weighted by atomic mass is 10.0. The minimum Gasteiger partial charge on any atom is -1.00 e. The molecule has 0 fully saturated rings. The van der Waals surface area contributed by atoms with Gasteiger partial charge in [0.1, 0.15) is 18.7 Å². The Balaban J connectivity index is 0.0000194. The molecule has 0 aliphatic carbocycles.